The lowest BCUT2D eigenvalue weighted by atomic mass is 10.2. The third-order valence-corrected chi connectivity index (χ3v) is 2.64. The highest BCUT2D eigenvalue weighted by atomic mass is 16.7. The van der Waals surface area contributed by atoms with E-state index < -0.39 is 5.79 Å². The zero-order valence-corrected chi connectivity index (χ0v) is 9.49. The summed E-state index contributed by atoms with van der Waals surface area (Å²) in [7, 11) is 0. The average molecular weight is 216 g/mol. The predicted octanol–water partition coefficient (Wildman–Crippen LogP) is -0.0253. The Morgan fingerprint density at radius 2 is 1.73 bits per heavy atom. The van der Waals surface area contributed by atoms with Gasteiger partial charge in [0.15, 0.2) is 5.79 Å². The minimum Gasteiger partial charge on any atom is -0.379 e. The van der Waals surface area contributed by atoms with Gasteiger partial charge in [-0.1, -0.05) is 0 Å². The first-order valence-electron chi connectivity index (χ1n) is 5.52. The van der Waals surface area contributed by atoms with Crippen LogP contribution in [0, 0.1) is 0 Å². The van der Waals surface area contributed by atoms with Gasteiger partial charge in [0, 0.05) is 13.1 Å². The number of morpholine rings is 1. The summed E-state index contributed by atoms with van der Waals surface area (Å²) in [5, 5.41) is 2.18. The molecule has 0 unspecified atom stereocenters. The van der Waals surface area contributed by atoms with Crippen LogP contribution in [0.4, 0.5) is 0 Å². The zero-order valence-electron chi connectivity index (χ0n) is 9.49. The standard InChI is InChI=1S/C10H20N2O3/c1-10(2)14-7-9(8-15-10)11-12-3-5-13-6-4-12/h9,11H,3-8H2,1-2H3. The van der Waals surface area contributed by atoms with E-state index in [2.05, 4.69) is 10.4 Å². The zero-order chi connectivity index (χ0) is 10.7. The molecule has 0 saturated carbocycles. The van der Waals surface area contributed by atoms with Gasteiger partial charge in [-0.3, -0.25) is 0 Å². The Balaban J connectivity index is 1.71. The van der Waals surface area contributed by atoms with Crippen LogP contribution in [0.1, 0.15) is 13.8 Å². The van der Waals surface area contributed by atoms with Crippen LogP contribution in [0.5, 0.6) is 0 Å². The normalized spacial score (nSPS) is 29.2. The largest absolute Gasteiger partial charge is 0.379 e. The number of hydrazine groups is 1. The SMILES string of the molecule is CC1(C)OCC(NN2CCOCC2)CO1. The van der Waals surface area contributed by atoms with E-state index in [1.165, 1.54) is 0 Å². The van der Waals surface area contributed by atoms with Crippen molar-refractivity contribution in [2.45, 2.75) is 25.7 Å². The summed E-state index contributed by atoms with van der Waals surface area (Å²) >= 11 is 0. The van der Waals surface area contributed by atoms with Crippen molar-refractivity contribution in [3.05, 3.63) is 0 Å². The number of nitrogens with zero attached hydrogens (tertiary/aromatic N) is 1. The number of rotatable bonds is 2. The molecule has 2 aliphatic rings. The summed E-state index contributed by atoms with van der Waals surface area (Å²) in [5.74, 6) is -0.427. The highest BCUT2D eigenvalue weighted by molar-refractivity contribution is 4.73. The van der Waals surface area contributed by atoms with Gasteiger partial charge in [-0.15, -0.1) is 0 Å². The fourth-order valence-electron chi connectivity index (χ4n) is 1.72. The van der Waals surface area contributed by atoms with Crippen LogP contribution >= 0.6 is 0 Å². The fourth-order valence-corrected chi connectivity index (χ4v) is 1.72. The topological polar surface area (TPSA) is 43.0 Å². The minimum atomic E-state index is -0.427. The van der Waals surface area contributed by atoms with Gasteiger partial charge in [-0.25, -0.2) is 10.4 Å². The highest BCUT2D eigenvalue weighted by Crippen LogP contribution is 2.17. The second-order valence-electron chi connectivity index (χ2n) is 4.45. The fraction of sp³-hybridized carbons (Fsp3) is 1.00. The van der Waals surface area contributed by atoms with Crippen molar-refractivity contribution in [2.24, 2.45) is 0 Å². The number of hydrogen-bond acceptors (Lipinski definition) is 5. The van der Waals surface area contributed by atoms with E-state index in [0.717, 1.165) is 26.3 Å². The molecule has 2 rings (SSSR count). The van der Waals surface area contributed by atoms with E-state index >= 15 is 0 Å². The summed E-state index contributed by atoms with van der Waals surface area (Å²) in [4.78, 5) is 0. The van der Waals surface area contributed by atoms with Crippen molar-refractivity contribution in [2.75, 3.05) is 39.5 Å². The predicted molar refractivity (Wildman–Crippen MR) is 55.3 cm³/mol. The van der Waals surface area contributed by atoms with Crippen molar-refractivity contribution in [1.29, 1.82) is 0 Å². The summed E-state index contributed by atoms with van der Waals surface area (Å²) in [6.07, 6.45) is 0. The number of hydrogen-bond donors (Lipinski definition) is 1. The molecule has 0 aromatic carbocycles. The first kappa shape index (κ1) is 11.3. The smallest absolute Gasteiger partial charge is 0.162 e. The molecular weight excluding hydrogens is 196 g/mol. The van der Waals surface area contributed by atoms with Crippen molar-refractivity contribution in [3.63, 3.8) is 0 Å². The number of ether oxygens (including phenoxy) is 3. The highest BCUT2D eigenvalue weighted by Gasteiger charge is 2.29. The first-order chi connectivity index (χ1) is 7.16. The molecular formula is C10H20N2O3. The van der Waals surface area contributed by atoms with E-state index in [9.17, 15) is 0 Å². The molecule has 0 amide bonds. The van der Waals surface area contributed by atoms with Crippen LogP contribution in [0.25, 0.3) is 0 Å². The lowest BCUT2D eigenvalue weighted by molar-refractivity contribution is -0.257. The third-order valence-electron chi connectivity index (χ3n) is 2.64. The first-order valence-corrected chi connectivity index (χ1v) is 5.52. The molecule has 0 spiro atoms. The average Bonchev–Trinajstić information content (AvgIpc) is 2.23. The number of nitrogens with one attached hydrogen (secondary N) is 1. The molecule has 2 fully saturated rings. The maximum absolute atomic E-state index is 5.58. The summed E-state index contributed by atoms with van der Waals surface area (Å²) in [6.45, 7) is 8.74. The Bertz CT molecular complexity index is 195. The molecule has 88 valence electrons. The monoisotopic (exact) mass is 216 g/mol. The van der Waals surface area contributed by atoms with E-state index in [4.69, 9.17) is 14.2 Å². The van der Waals surface area contributed by atoms with Crippen LogP contribution in [-0.4, -0.2) is 56.4 Å². The van der Waals surface area contributed by atoms with Gasteiger partial charge < -0.3 is 14.2 Å². The second-order valence-corrected chi connectivity index (χ2v) is 4.45. The molecule has 0 bridgehead atoms. The van der Waals surface area contributed by atoms with E-state index in [0.29, 0.717) is 13.2 Å². The van der Waals surface area contributed by atoms with Gasteiger partial charge >= 0.3 is 0 Å². The van der Waals surface area contributed by atoms with Crippen molar-refractivity contribution >= 4 is 0 Å². The second kappa shape index (κ2) is 4.76. The van der Waals surface area contributed by atoms with Crippen LogP contribution < -0.4 is 5.43 Å². The minimum absolute atomic E-state index is 0.260. The molecule has 0 radical (unpaired) electrons. The molecule has 2 heterocycles. The Labute approximate surface area is 90.6 Å². The van der Waals surface area contributed by atoms with Crippen LogP contribution in [0.3, 0.4) is 0 Å². The Kier molecular flexibility index (Phi) is 3.58. The molecule has 0 atom stereocenters. The van der Waals surface area contributed by atoms with E-state index in [1.807, 2.05) is 13.8 Å². The summed E-state index contributed by atoms with van der Waals surface area (Å²) in [5.41, 5.74) is 3.40. The van der Waals surface area contributed by atoms with Gasteiger partial charge in [0.2, 0.25) is 0 Å². The summed E-state index contributed by atoms with van der Waals surface area (Å²) < 4.78 is 16.4. The van der Waals surface area contributed by atoms with E-state index in [1.54, 1.807) is 0 Å². The lowest BCUT2D eigenvalue weighted by Gasteiger charge is -2.38. The van der Waals surface area contributed by atoms with Gasteiger partial charge in [0.05, 0.1) is 32.5 Å². The van der Waals surface area contributed by atoms with Crippen LogP contribution in [0.15, 0.2) is 0 Å². The lowest BCUT2D eigenvalue weighted by Crippen LogP contribution is -2.56. The maximum Gasteiger partial charge on any atom is 0.162 e. The Morgan fingerprint density at radius 1 is 1.13 bits per heavy atom. The van der Waals surface area contributed by atoms with Gasteiger partial charge in [-0.05, 0) is 13.8 Å². The maximum atomic E-state index is 5.58. The molecule has 5 nitrogen and oxygen atoms in total. The molecule has 15 heavy (non-hydrogen) atoms. The van der Waals surface area contributed by atoms with Gasteiger partial charge in [-0.2, -0.15) is 0 Å². The molecule has 0 aromatic heterocycles. The van der Waals surface area contributed by atoms with E-state index in [-0.39, 0.29) is 6.04 Å². The third kappa shape index (κ3) is 3.39. The summed E-state index contributed by atoms with van der Waals surface area (Å²) in [6, 6.07) is 0.260. The van der Waals surface area contributed by atoms with Gasteiger partial charge in [0.1, 0.15) is 0 Å². The van der Waals surface area contributed by atoms with Gasteiger partial charge in [0.25, 0.3) is 0 Å². The van der Waals surface area contributed by atoms with Crippen molar-refractivity contribution in [3.8, 4) is 0 Å². The molecule has 1 N–H and O–H groups in total. The molecule has 0 aliphatic carbocycles. The van der Waals surface area contributed by atoms with Crippen LogP contribution in [-0.2, 0) is 14.2 Å². The molecule has 5 heteroatoms. The van der Waals surface area contributed by atoms with Crippen LogP contribution in [0.2, 0.25) is 0 Å². The van der Waals surface area contributed by atoms with Crippen molar-refractivity contribution < 1.29 is 14.2 Å². The molecule has 0 aromatic rings. The van der Waals surface area contributed by atoms with Crippen molar-refractivity contribution in [1.82, 2.24) is 10.4 Å². The Morgan fingerprint density at radius 3 is 2.33 bits per heavy atom. The quantitative estimate of drug-likeness (QED) is 0.702. The molecule has 2 saturated heterocycles. The Hall–Kier alpha value is -0.200. The molecule has 2 aliphatic heterocycles.